The van der Waals surface area contributed by atoms with Crippen LogP contribution in [0.2, 0.25) is 0 Å². The minimum absolute atomic E-state index is 0.101. The number of rotatable bonds is 5. The van der Waals surface area contributed by atoms with Gasteiger partial charge in [0.2, 0.25) is 0 Å². The molecule has 0 atom stereocenters. The number of furan rings is 1. The van der Waals surface area contributed by atoms with Gasteiger partial charge in [-0.2, -0.15) is 10.2 Å². The maximum absolute atomic E-state index is 12.9. The third-order valence-corrected chi connectivity index (χ3v) is 4.32. The van der Waals surface area contributed by atoms with Gasteiger partial charge in [0.15, 0.2) is 11.3 Å². The highest BCUT2D eigenvalue weighted by atomic mass is 16.3. The largest absolute Gasteiger partial charge is 0.467 e. The minimum atomic E-state index is -0.429. The number of nitrogens with one attached hydrogen (secondary N) is 2. The molecule has 29 heavy (non-hydrogen) atoms. The van der Waals surface area contributed by atoms with Crippen molar-refractivity contribution >= 4 is 23.1 Å². The molecular weight excluding hydrogens is 374 g/mol. The molecule has 0 saturated carbocycles. The van der Waals surface area contributed by atoms with Crippen LogP contribution in [0.5, 0.6) is 0 Å². The second kappa shape index (κ2) is 7.23. The standard InChI is InChI=1S/C19H19N7O3/c1-11-7-12(2)26-17(22-11)14(9-21-26)18(27)23-15-10-25(3)24-16(15)19(28)20-8-13-5-4-6-29-13/h4-7,9-10H,8H2,1-3H3,(H,20,28)(H,23,27). The highest BCUT2D eigenvalue weighted by Crippen LogP contribution is 2.18. The van der Waals surface area contributed by atoms with E-state index in [1.807, 2.05) is 19.9 Å². The number of nitrogens with zero attached hydrogens (tertiary/aromatic N) is 5. The number of carbonyl (C=O) groups excluding carboxylic acids is 2. The fraction of sp³-hybridized carbons (Fsp3) is 0.211. The molecule has 0 saturated heterocycles. The fourth-order valence-corrected chi connectivity index (χ4v) is 3.03. The molecule has 148 valence electrons. The van der Waals surface area contributed by atoms with Crippen molar-refractivity contribution in [2.45, 2.75) is 20.4 Å². The number of fused-ring (bicyclic) bond motifs is 1. The summed E-state index contributed by atoms with van der Waals surface area (Å²) in [4.78, 5) is 29.8. The van der Waals surface area contributed by atoms with E-state index in [0.29, 0.717) is 17.0 Å². The molecule has 0 unspecified atom stereocenters. The summed E-state index contributed by atoms with van der Waals surface area (Å²) in [5, 5.41) is 13.8. The Labute approximate surface area is 165 Å². The van der Waals surface area contributed by atoms with Crippen LogP contribution in [0, 0.1) is 13.8 Å². The van der Waals surface area contributed by atoms with Crippen molar-refractivity contribution in [3.05, 3.63) is 65.3 Å². The van der Waals surface area contributed by atoms with Crippen molar-refractivity contribution in [1.82, 2.24) is 29.7 Å². The van der Waals surface area contributed by atoms with Gasteiger partial charge in [-0.15, -0.1) is 0 Å². The predicted molar refractivity (Wildman–Crippen MR) is 104 cm³/mol. The van der Waals surface area contributed by atoms with E-state index in [4.69, 9.17) is 4.42 Å². The van der Waals surface area contributed by atoms with Crippen LogP contribution < -0.4 is 10.6 Å². The number of hydrogen-bond donors (Lipinski definition) is 2. The second-order valence-corrected chi connectivity index (χ2v) is 6.61. The summed E-state index contributed by atoms with van der Waals surface area (Å²) in [6, 6.07) is 5.37. The van der Waals surface area contributed by atoms with Crippen molar-refractivity contribution < 1.29 is 14.0 Å². The van der Waals surface area contributed by atoms with Crippen LogP contribution in [0.4, 0.5) is 5.69 Å². The summed E-state index contributed by atoms with van der Waals surface area (Å²) < 4.78 is 8.26. The van der Waals surface area contributed by atoms with Gasteiger partial charge in [-0.3, -0.25) is 14.3 Å². The van der Waals surface area contributed by atoms with Gasteiger partial charge >= 0.3 is 0 Å². The average molecular weight is 393 g/mol. The molecule has 2 N–H and O–H groups in total. The van der Waals surface area contributed by atoms with Gasteiger partial charge in [-0.25, -0.2) is 9.50 Å². The summed E-state index contributed by atoms with van der Waals surface area (Å²) in [5.41, 5.74) is 2.80. The number of amides is 2. The molecule has 4 heterocycles. The molecule has 0 aliphatic carbocycles. The minimum Gasteiger partial charge on any atom is -0.467 e. The van der Waals surface area contributed by atoms with Crippen molar-refractivity contribution in [3.8, 4) is 0 Å². The zero-order valence-electron chi connectivity index (χ0n) is 16.1. The van der Waals surface area contributed by atoms with Crippen molar-refractivity contribution in [2.24, 2.45) is 7.05 Å². The number of carbonyl (C=O) groups is 2. The van der Waals surface area contributed by atoms with E-state index in [0.717, 1.165) is 11.4 Å². The van der Waals surface area contributed by atoms with Crippen LogP contribution >= 0.6 is 0 Å². The Morgan fingerprint density at radius 2 is 2.07 bits per heavy atom. The first-order chi connectivity index (χ1) is 13.9. The van der Waals surface area contributed by atoms with Gasteiger partial charge < -0.3 is 15.1 Å². The van der Waals surface area contributed by atoms with E-state index in [9.17, 15) is 9.59 Å². The Balaban J connectivity index is 1.57. The van der Waals surface area contributed by atoms with Gasteiger partial charge in [-0.05, 0) is 32.0 Å². The SMILES string of the molecule is Cc1cc(C)n2ncc(C(=O)Nc3cn(C)nc3C(=O)NCc3ccco3)c2n1. The summed E-state index contributed by atoms with van der Waals surface area (Å²) in [5.74, 6) is -0.240. The number of hydrogen-bond acceptors (Lipinski definition) is 6. The highest BCUT2D eigenvalue weighted by Gasteiger charge is 2.21. The molecular formula is C19H19N7O3. The van der Waals surface area contributed by atoms with E-state index < -0.39 is 11.8 Å². The first-order valence-corrected chi connectivity index (χ1v) is 8.90. The van der Waals surface area contributed by atoms with Crippen LogP contribution in [0.3, 0.4) is 0 Å². The summed E-state index contributed by atoms with van der Waals surface area (Å²) in [7, 11) is 1.67. The molecule has 0 aliphatic heterocycles. The van der Waals surface area contributed by atoms with Gasteiger partial charge in [0.05, 0.1) is 24.7 Å². The number of aryl methyl sites for hydroxylation is 3. The van der Waals surface area contributed by atoms with E-state index in [1.54, 1.807) is 29.9 Å². The van der Waals surface area contributed by atoms with Crippen molar-refractivity contribution in [1.29, 1.82) is 0 Å². The van der Waals surface area contributed by atoms with Crippen LogP contribution in [0.15, 0.2) is 41.3 Å². The molecule has 0 aromatic carbocycles. The number of aromatic nitrogens is 5. The normalized spacial score (nSPS) is 11.0. The molecule has 4 rings (SSSR count). The Kier molecular flexibility index (Phi) is 4.59. The smallest absolute Gasteiger partial charge is 0.274 e. The van der Waals surface area contributed by atoms with Gasteiger partial charge in [0.25, 0.3) is 11.8 Å². The lowest BCUT2D eigenvalue weighted by molar-refractivity contribution is 0.0943. The Morgan fingerprint density at radius 1 is 1.24 bits per heavy atom. The van der Waals surface area contributed by atoms with Gasteiger partial charge in [0, 0.05) is 24.6 Å². The lowest BCUT2D eigenvalue weighted by Crippen LogP contribution is -2.25. The third-order valence-electron chi connectivity index (χ3n) is 4.32. The van der Waals surface area contributed by atoms with Gasteiger partial charge in [-0.1, -0.05) is 0 Å². The molecule has 4 aromatic rings. The van der Waals surface area contributed by atoms with Crippen LogP contribution in [0.25, 0.3) is 5.65 Å². The molecule has 0 bridgehead atoms. The third kappa shape index (κ3) is 3.59. The summed E-state index contributed by atoms with van der Waals surface area (Å²) in [6.07, 6.45) is 4.55. The van der Waals surface area contributed by atoms with Crippen molar-refractivity contribution in [3.63, 3.8) is 0 Å². The molecule has 0 radical (unpaired) electrons. The highest BCUT2D eigenvalue weighted by molar-refractivity contribution is 6.10. The molecule has 10 nitrogen and oxygen atoms in total. The quantitative estimate of drug-likeness (QED) is 0.534. The first kappa shape index (κ1) is 18.4. The second-order valence-electron chi connectivity index (χ2n) is 6.61. The average Bonchev–Trinajstić information content (AvgIpc) is 3.39. The van der Waals surface area contributed by atoms with E-state index in [2.05, 4.69) is 25.8 Å². The zero-order valence-corrected chi connectivity index (χ0v) is 16.1. The van der Waals surface area contributed by atoms with E-state index in [1.165, 1.54) is 17.1 Å². The Hall–Kier alpha value is -3.95. The maximum Gasteiger partial charge on any atom is 0.274 e. The van der Waals surface area contributed by atoms with Crippen LogP contribution in [-0.2, 0) is 13.6 Å². The monoisotopic (exact) mass is 393 g/mol. The lowest BCUT2D eigenvalue weighted by atomic mass is 10.2. The molecule has 0 aliphatic rings. The Bertz CT molecular complexity index is 1200. The maximum atomic E-state index is 12.9. The lowest BCUT2D eigenvalue weighted by Gasteiger charge is -2.06. The fourth-order valence-electron chi connectivity index (χ4n) is 3.03. The zero-order chi connectivity index (χ0) is 20.5. The Morgan fingerprint density at radius 3 is 2.83 bits per heavy atom. The predicted octanol–water partition coefficient (Wildman–Crippen LogP) is 1.85. The van der Waals surface area contributed by atoms with Crippen LogP contribution in [-0.4, -0.2) is 36.2 Å². The first-order valence-electron chi connectivity index (χ1n) is 8.90. The van der Waals surface area contributed by atoms with E-state index >= 15 is 0 Å². The van der Waals surface area contributed by atoms with E-state index in [-0.39, 0.29) is 17.9 Å². The number of anilines is 1. The summed E-state index contributed by atoms with van der Waals surface area (Å²) >= 11 is 0. The molecule has 0 fully saturated rings. The molecule has 0 spiro atoms. The molecule has 4 aromatic heterocycles. The molecule has 10 heteroatoms. The topological polar surface area (TPSA) is 119 Å². The summed E-state index contributed by atoms with van der Waals surface area (Å²) in [6.45, 7) is 3.95. The van der Waals surface area contributed by atoms with Crippen LogP contribution in [0.1, 0.15) is 38.0 Å². The van der Waals surface area contributed by atoms with Gasteiger partial charge in [0.1, 0.15) is 11.3 Å². The van der Waals surface area contributed by atoms with Crippen molar-refractivity contribution in [2.75, 3.05) is 5.32 Å². The molecule has 2 amide bonds.